The molecule has 0 radical (unpaired) electrons. The van der Waals surface area contributed by atoms with Crippen molar-refractivity contribution in [3.8, 4) is 0 Å². The molecule has 3 aromatic rings. The Bertz CT molecular complexity index is 930. The van der Waals surface area contributed by atoms with Gasteiger partial charge in [-0.3, -0.25) is 0 Å². The number of benzene rings is 2. The molecule has 0 spiro atoms. The molecular formula is C33H48N2. The Labute approximate surface area is 215 Å². The van der Waals surface area contributed by atoms with Crippen molar-refractivity contribution in [3.63, 3.8) is 0 Å². The molecule has 0 aliphatic heterocycles. The zero-order valence-corrected chi connectivity index (χ0v) is 22.6. The highest BCUT2D eigenvalue weighted by Gasteiger charge is 2.39. The Kier molecular flexibility index (Phi) is 11.6. The Morgan fingerprint density at radius 2 is 1.34 bits per heavy atom. The van der Waals surface area contributed by atoms with Gasteiger partial charge in [0.2, 0.25) is 0 Å². The van der Waals surface area contributed by atoms with Crippen LogP contribution < -0.4 is 0 Å². The second kappa shape index (κ2) is 14.9. The van der Waals surface area contributed by atoms with Gasteiger partial charge in [-0.25, -0.2) is 4.98 Å². The van der Waals surface area contributed by atoms with Gasteiger partial charge in [-0.2, -0.15) is 0 Å². The van der Waals surface area contributed by atoms with Crippen LogP contribution in [0.3, 0.4) is 0 Å². The smallest absolute Gasteiger partial charge is 0.112 e. The van der Waals surface area contributed by atoms with E-state index in [2.05, 4.69) is 92.2 Å². The van der Waals surface area contributed by atoms with E-state index >= 15 is 0 Å². The molecule has 2 heteroatoms. The third-order valence-electron chi connectivity index (χ3n) is 7.77. The summed E-state index contributed by atoms with van der Waals surface area (Å²) < 4.78 is 2.47. The summed E-state index contributed by atoms with van der Waals surface area (Å²) in [6, 6.07) is 22.3. The minimum atomic E-state index is -0.0152. The molecule has 3 rings (SSSR count). The number of hydrogen-bond acceptors (Lipinski definition) is 1. The average molecular weight is 473 g/mol. The number of aryl methyl sites for hydroxylation is 1. The third kappa shape index (κ3) is 8.09. The summed E-state index contributed by atoms with van der Waals surface area (Å²) in [5.41, 5.74) is 2.83. The predicted molar refractivity (Wildman–Crippen MR) is 151 cm³/mol. The highest BCUT2D eigenvalue weighted by atomic mass is 15.1. The predicted octanol–water partition coefficient (Wildman–Crippen LogP) is 9.50. The van der Waals surface area contributed by atoms with Crippen LogP contribution in [0.15, 0.2) is 73.1 Å². The number of rotatable bonds is 17. The molecule has 0 aliphatic rings. The number of imidazole rings is 1. The fraction of sp³-hybridized carbons (Fsp3) is 0.545. The monoisotopic (exact) mass is 472 g/mol. The van der Waals surface area contributed by atoms with Gasteiger partial charge in [0.05, 0.1) is 0 Å². The molecule has 0 saturated carbocycles. The van der Waals surface area contributed by atoms with Gasteiger partial charge in [0.15, 0.2) is 0 Å². The van der Waals surface area contributed by atoms with Gasteiger partial charge in [-0.15, -0.1) is 0 Å². The lowest BCUT2D eigenvalue weighted by Crippen LogP contribution is -2.35. The van der Waals surface area contributed by atoms with E-state index in [1.165, 1.54) is 87.6 Å². The highest BCUT2D eigenvalue weighted by Crippen LogP contribution is 2.44. The van der Waals surface area contributed by atoms with Crippen molar-refractivity contribution in [1.29, 1.82) is 0 Å². The molecule has 1 aromatic heterocycles. The van der Waals surface area contributed by atoms with Crippen molar-refractivity contribution < 1.29 is 0 Å². The Hall–Kier alpha value is -2.35. The normalized spacial score (nSPS) is 14.0. The summed E-state index contributed by atoms with van der Waals surface area (Å²) >= 11 is 0. The minimum Gasteiger partial charge on any atom is -0.335 e. The molecular weight excluding hydrogens is 424 g/mol. The summed E-state index contributed by atoms with van der Waals surface area (Å²) in [6.07, 6.45) is 19.6. The molecule has 0 saturated heterocycles. The standard InChI is InChI=1S/C33H48N2/c1-4-6-8-9-10-11-18-24-31(32-34-25-27-35(32)26-19-7-5-2)33(3,30-22-16-13-17-23-30)28-29-20-14-12-15-21-29/h12-17,20-23,25,27,31H,4-11,18-19,24,26,28H2,1-3H3. The first-order valence-corrected chi connectivity index (χ1v) is 14.3. The Morgan fingerprint density at radius 3 is 2.03 bits per heavy atom. The molecule has 2 unspecified atom stereocenters. The first kappa shape index (κ1) is 27.2. The first-order chi connectivity index (χ1) is 17.2. The largest absolute Gasteiger partial charge is 0.335 e. The number of aromatic nitrogens is 2. The van der Waals surface area contributed by atoms with E-state index < -0.39 is 0 Å². The molecule has 0 N–H and O–H groups in total. The van der Waals surface area contributed by atoms with Gasteiger partial charge in [0.1, 0.15) is 5.82 Å². The second-order valence-corrected chi connectivity index (χ2v) is 10.6. The van der Waals surface area contributed by atoms with E-state index in [1.54, 1.807) is 0 Å². The maximum Gasteiger partial charge on any atom is 0.112 e. The van der Waals surface area contributed by atoms with E-state index in [0.717, 1.165) is 13.0 Å². The van der Waals surface area contributed by atoms with Crippen molar-refractivity contribution in [2.75, 3.05) is 0 Å². The van der Waals surface area contributed by atoms with E-state index in [4.69, 9.17) is 4.98 Å². The fourth-order valence-corrected chi connectivity index (χ4v) is 5.66. The zero-order chi connectivity index (χ0) is 24.8. The lowest BCUT2D eigenvalue weighted by Gasteiger charge is -2.39. The van der Waals surface area contributed by atoms with E-state index in [0.29, 0.717) is 5.92 Å². The van der Waals surface area contributed by atoms with Crippen LogP contribution in [-0.2, 0) is 18.4 Å². The summed E-state index contributed by atoms with van der Waals surface area (Å²) in [7, 11) is 0. The van der Waals surface area contributed by atoms with Gasteiger partial charge < -0.3 is 4.57 Å². The highest BCUT2D eigenvalue weighted by molar-refractivity contribution is 5.33. The summed E-state index contributed by atoms with van der Waals surface area (Å²) in [5.74, 6) is 1.67. The van der Waals surface area contributed by atoms with Crippen molar-refractivity contribution in [2.45, 2.75) is 116 Å². The van der Waals surface area contributed by atoms with E-state index in [-0.39, 0.29) is 5.41 Å². The summed E-state index contributed by atoms with van der Waals surface area (Å²) in [5, 5.41) is 0. The molecule has 35 heavy (non-hydrogen) atoms. The average Bonchev–Trinajstić information content (AvgIpc) is 3.35. The van der Waals surface area contributed by atoms with Crippen molar-refractivity contribution in [1.82, 2.24) is 9.55 Å². The van der Waals surface area contributed by atoms with Gasteiger partial charge in [-0.1, -0.05) is 139 Å². The van der Waals surface area contributed by atoms with Crippen molar-refractivity contribution >= 4 is 0 Å². The van der Waals surface area contributed by atoms with Gasteiger partial charge >= 0.3 is 0 Å². The Morgan fingerprint density at radius 1 is 0.743 bits per heavy atom. The molecule has 2 nitrogen and oxygen atoms in total. The number of unbranched alkanes of at least 4 members (excludes halogenated alkanes) is 8. The molecule has 2 aromatic carbocycles. The zero-order valence-electron chi connectivity index (χ0n) is 22.6. The molecule has 0 amide bonds. The SMILES string of the molecule is CCCCCCCCCC(c1nccn1CCCCC)C(C)(Cc1ccccc1)c1ccccc1. The first-order valence-electron chi connectivity index (χ1n) is 14.3. The van der Waals surface area contributed by atoms with E-state index in [1.807, 2.05) is 6.20 Å². The molecule has 0 aliphatic carbocycles. The van der Waals surface area contributed by atoms with Crippen LogP contribution in [-0.4, -0.2) is 9.55 Å². The molecule has 1 heterocycles. The van der Waals surface area contributed by atoms with Gasteiger partial charge in [0, 0.05) is 30.3 Å². The molecule has 190 valence electrons. The minimum absolute atomic E-state index is 0.0152. The van der Waals surface area contributed by atoms with Crippen LogP contribution in [0.4, 0.5) is 0 Å². The summed E-state index contributed by atoms with van der Waals surface area (Å²) in [6.45, 7) is 8.15. The molecule has 2 atom stereocenters. The van der Waals surface area contributed by atoms with Crippen molar-refractivity contribution in [2.24, 2.45) is 0 Å². The summed E-state index contributed by atoms with van der Waals surface area (Å²) in [4.78, 5) is 5.03. The Balaban J connectivity index is 1.90. The fourth-order valence-electron chi connectivity index (χ4n) is 5.66. The second-order valence-electron chi connectivity index (χ2n) is 10.6. The van der Waals surface area contributed by atoms with Gasteiger partial charge in [0.25, 0.3) is 0 Å². The maximum atomic E-state index is 5.03. The van der Waals surface area contributed by atoms with Crippen LogP contribution in [0.1, 0.15) is 114 Å². The molecule has 0 bridgehead atoms. The van der Waals surface area contributed by atoms with Crippen LogP contribution in [0.25, 0.3) is 0 Å². The number of hydrogen-bond donors (Lipinski definition) is 0. The quantitative estimate of drug-likeness (QED) is 0.179. The maximum absolute atomic E-state index is 5.03. The molecule has 0 fully saturated rings. The third-order valence-corrected chi connectivity index (χ3v) is 7.77. The van der Waals surface area contributed by atoms with Crippen LogP contribution in [0.2, 0.25) is 0 Å². The number of nitrogens with zero attached hydrogens (tertiary/aromatic N) is 2. The van der Waals surface area contributed by atoms with Crippen LogP contribution >= 0.6 is 0 Å². The van der Waals surface area contributed by atoms with Crippen molar-refractivity contribution in [3.05, 3.63) is 90.0 Å². The topological polar surface area (TPSA) is 17.8 Å². The van der Waals surface area contributed by atoms with Crippen LogP contribution in [0, 0.1) is 0 Å². The lowest BCUT2D eigenvalue weighted by molar-refractivity contribution is 0.321. The van der Waals surface area contributed by atoms with Crippen LogP contribution in [0.5, 0.6) is 0 Å². The van der Waals surface area contributed by atoms with Gasteiger partial charge in [-0.05, 0) is 30.4 Å². The van der Waals surface area contributed by atoms with E-state index in [9.17, 15) is 0 Å². The lowest BCUT2D eigenvalue weighted by atomic mass is 9.66.